The average molecular weight is 329 g/mol. The maximum atomic E-state index is 11.8. The highest BCUT2D eigenvalue weighted by Crippen LogP contribution is 2.53. The van der Waals surface area contributed by atoms with Crippen LogP contribution in [-0.2, 0) is 11.3 Å². The van der Waals surface area contributed by atoms with E-state index in [1.165, 1.54) is 12.8 Å². The van der Waals surface area contributed by atoms with Crippen LogP contribution in [0.3, 0.4) is 0 Å². The first-order valence-corrected chi connectivity index (χ1v) is 8.07. The second kappa shape index (κ2) is 6.01. The van der Waals surface area contributed by atoms with Crippen molar-refractivity contribution >= 4 is 29.1 Å². The Kier molecular flexibility index (Phi) is 4.27. The van der Waals surface area contributed by atoms with Crippen molar-refractivity contribution in [3.63, 3.8) is 0 Å². The lowest BCUT2D eigenvalue weighted by atomic mass is 10.2. The molecule has 2 fully saturated rings. The topological polar surface area (TPSA) is 51.2 Å². The number of ether oxygens (including phenoxy) is 1. The molecule has 2 aliphatic rings. The summed E-state index contributed by atoms with van der Waals surface area (Å²) in [5.74, 6) is 0.254. The maximum Gasteiger partial charge on any atom is 0.226 e. The van der Waals surface area contributed by atoms with Crippen LogP contribution in [0.1, 0.15) is 37.7 Å². The van der Waals surface area contributed by atoms with Gasteiger partial charge < -0.3 is 10.1 Å². The molecule has 0 spiro atoms. The van der Waals surface area contributed by atoms with E-state index < -0.39 is 4.33 Å². The summed E-state index contributed by atoms with van der Waals surface area (Å²) in [6.45, 7) is 0.426. The van der Waals surface area contributed by atoms with Gasteiger partial charge in [-0.2, -0.15) is 0 Å². The van der Waals surface area contributed by atoms with Crippen LogP contribution in [0.4, 0.5) is 0 Å². The molecule has 0 radical (unpaired) electrons. The molecule has 0 saturated heterocycles. The van der Waals surface area contributed by atoms with E-state index in [1.54, 1.807) is 6.20 Å². The van der Waals surface area contributed by atoms with E-state index in [0.717, 1.165) is 18.4 Å². The van der Waals surface area contributed by atoms with Crippen LogP contribution in [0.25, 0.3) is 0 Å². The fourth-order valence-electron chi connectivity index (χ4n) is 2.57. The van der Waals surface area contributed by atoms with Gasteiger partial charge in [0.1, 0.15) is 10.4 Å². The average Bonchev–Trinajstić information content (AvgIpc) is 2.87. The first kappa shape index (κ1) is 14.9. The third kappa shape index (κ3) is 3.80. The maximum absolute atomic E-state index is 11.8. The quantitative estimate of drug-likeness (QED) is 0.844. The highest BCUT2D eigenvalue weighted by Gasteiger charge is 2.56. The fraction of sp³-hybridized carbons (Fsp3) is 0.600. The van der Waals surface area contributed by atoms with Crippen molar-refractivity contribution in [1.82, 2.24) is 10.3 Å². The van der Waals surface area contributed by atoms with Gasteiger partial charge in [-0.15, -0.1) is 23.2 Å². The number of nitrogens with one attached hydrogen (secondary N) is 1. The second-order valence-corrected chi connectivity index (χ2v) is 7.31. The number of hydrogen-bond acceptors (Lipinski definition) is 3. The van der Waals surface area contributed by atoms with E-state index in [1.807, 2.05) is 12.1 Å². The van der Waals surface area contributed by atoms with Crippen LogP contribution in [0, 0.1) is 5.92 Å². The number of nitrogens with zero attached hydrogens (tertiary/aromatic N) is 1. The minimum atomic E-state index is -0.874. The number of carbonyl (C=O) groups excluding carboxylic acids is 1. The van der Waals surface area contributed by atoms with Crippen molar-refractivity contribution in [1.29, 1.82) is 0 Å². The summed E-state index contributed by atoms with van der Waals surface area (Å²) in [5.41, 5.74) is 0.928. The Balaban J connectivity index is 1.47. The summed E-state index contributed by atoms with van der Waals surface area (Å²) >= 11 is 11.7. The zero-order chi connectivity index (χ0) is 14.9. The minimum absolute atomic E-state index is 0.105. The van der Waals surface area contributed by atoms with Gasteiger partial charge in [-0.05, 0) is 37.7 Å². The Morgan fingerprint density at radius 1 is 1.38 bits per heavy atom. The SMILES string of the molecule is O=C(NCc1ccc(OC2CCCC2)nc1)C1CC1(Cl)Cl. The molecule has 1 aromatic rings. The molecule has 0 aromatic carbocycles. The molecule has 0 aliphatic heterocycles. The molecular formula is C15H18Cl2N2O2. The standard InChI is InChI=1S/C15H18Cl2N2O2/c16-15(17)7-12(15)14(20)19-9-10-5-6-13(18-8-10)21-11-3-1-2-4-11/h5-6,8,11-12H,1-4,7,9H2,(H,19,20). The lowest BCUT2D eigenvalue weighted by Gasteiger charge is -2.12. The Labute approximate surface area is 134 Å². The molecule has 2 aliphatic carbocycles. The lowest BCUT2D eigenvalue weighted by Crippen LogP contribution is -2.26. The number of aromatic nitrogens is 1. The number of amides is 1. The van der Waals surface area contributed by atoms with Crippen molar-refractivity contribution in [2.45, 2.75) is 49.1 Å². The van der Waals surface area contributed by atoms with E-state index in [9.17, 15) is 4.79 Å². The van der Waals surface area contributed by atoms with E-state index in [-0.39, 0.29) is 11.8 Å². The van der Waals surface area contributed by atoms with Crippen molar-refractivity contribution in [2.24, 2.45) is 5.92 Å². The molecule has 114 valence electrons. The van der Waals surface area contributed by atoms with E-state index >= 15 is 0 Å². The third-order valence-electron chi connectivity index (χ3n) is 4.00. The van der Waals surface area contributed by atoms with Crippen molar-refractivity contribution < 1.29 is 9.53 Å². The zero-order valence-electron chi connectivity index (χ0n) is 11.6. The highest BCUT2D eigenvalue weighted by molar-refractivity contribution is 6.52. The number of alkyl halides is 2. The smallest absolute Gasteiger partial charge is 0.226 e. The molecule has 1 atom stereocenters. The first-order chi connectivity index (χ1) is 10.0. The Hall–Kier alpha value is -1.00. The lowest BCUT2D eigenvalue weighted by molar-refractivity contribution is -0.122. The Bertz CT molecular complexity index is 513. The van der Waals surface area contributed by atoms with Crippen LogP contribution in [0.15, 0.2) is 18.3 Å². The number of halogens is 2. The molecule has 3 rings (SSSR count). The number of hydrogen-bond donors (Lipinski definition) is 1. The van der Waals surface area contributed by atoms with Gasteiger partial charge >= 0.3 is 0 Å². The summed E-state index contributed by atoms with van der Waals surface area (Å²) in [5, 5.41) is 2.82. The molecule has 21 heavy (non-hydrogen) atoms. The monoisotopic (exact) mass is 328 g/mol. The molecule has 6 heteroatoms. The van der Waals surface area contributed by atoms with Crippen molar-refractivity contribution in [3.8, 4) is 5.88 Å². The summed E-state index contributed by atoms with van der Waals surface area (Å²) < 4.78 is 4.92. The molecular weight excluding hydrogens is 311 g/mol. The predicted molar refractivity (Wildman–Crippen MR) is 81.5 cm³/mol. The summed E-state index contributed by atoms with van der Waals surface area (Å²) in [4.78, 5) is 16.0. The second-order valence-electron chi connectivity index (χ2n) is 5.76. The Morgan fingerprint density at radius 3 is 2.67 bits per heavy atom. The fourth-order valence-corrected chi connectivity index (χ4v) is 3.08. The zero-order valence-corrected chi connectivity index (χ0v) is 13.2. The van der Waals surface area contributed by atoms with Gasteiger partial charge in [-0.1, -0.05) is 6.07 Å². The largest absolute Gasteiger partial charge is 0.474 e. The third-order valence-corrected chi connectivity index (χ3v) is 4.83. The molecule has 1 heterocycles. The minimum Gasteiger partial charge on any atom is -0.474 e. The van der Waals surface area contributed by atoms with Gasteiger partial charge in [0, 0.05) is 18.8 Å². The molecule has 0 bridgehead atoms. The highest BCUT2D eigenvalue weighted by atomic mass is 35.5. The van der Waals surface area contributed by atoms with Crippen molar-refractivity contribution in [2.75, 3.05) is 0 Å². The molecule has 2 saturated carbocycles. The van der Waals surface area contributed by atoms with Gasteiger partial charge in [-0.25, -0.2) is 4.98 Å². The summed E-state index contributed by atoms with van der Waals surface area (Å²) in [6, 6.07) is 3.77. The number of pyridine rings is 1. The molecule has 1 N–H and O–H groups in total. The van der Waals surface area contributed by atoms with Crippen molar-refractivity contribution in [3.05, 3.63) is 23.9 Å². The Morgan fingerprint density at radius 2 is 2.10 bits per heavy atom. The van der Waals surface area contributed by atoms with Crippen LogP contribution in [-0.4, -0.2) is 21.3 Å². The van der Waals surface area contributed by atoms with Crippen LogP contribution < -0.4 is 10.1 Å². The summed E-state index contributed by atoms with van der Waals surface area (Å²) in [6.07, 6.45) is 7.25. The normalized spacial score (nSPS) is 23.8. The van der Waals surface area contributed by atoms with Gasteiger partial charge in [-0.3, -0.25) is 4.79 Å². The predicted octanol–water partition coefficient (Wildman–Crippen LogP) is 3.21. The van der Waals surface area contributed by atoms with Gasteiger partial charge in [0.05, 0.1) is 5.92 Å². The van der Waals surface area contributed by atoms with Crippen LogP contribution in [0.5, 0.6) is 5.88 Å². The van der Waals surface area contributed by atoms with E-state index in [4.69, 9.17) is 27.9 Å². The number of carbonyl (C=O) groups is 1. The molecule has 1 amide bonds. The molecule has 1 unspecified atom stereocenters. The van der Waals surface area contributed by atoms with Crippen LogP contribution >= 0.6 is 23.2 Å². The van der Waals surface area contributed by atoms with E-state index in [0.29, 0.717) is 24.9 Å². The van der Waals surface area contributed by atoms with Gasteiger partial charge in [0.2, 0.25) is 11.8 Å². The molecule has 1 aromatic heterocycles. The van der Waals surface area contributed by atoms with Gasteiger partial charge in [0.25, 0.3) is 0 Å². The van der Waals surface area contributed by atoms with Crippen LogP contribution in [0.2, 0.25) is 0 Å². The molecule has 4 nitrogen and oxygen atoms in total. The van der Waals surface area contributed by atoms with Gasteiger partial charge in [0.15, 0.2) is 0 Å². The van der Waals surface area contributed by atoms with E-state index in [2.05, 4.69) is 10.3 Å². The summed E-state index contributed by atoms with van der Waals surface area (Å²) in [7, 11) is 0. The first-order valence-electron chi connectivity index (χ1n) is 7.32. The number of rotatable bonds is 5.